The molecule has 0 aliphatic carbocycles. The van der Waals surface area contributed by atoms with Crippen molar-refractivity contribution in [2.75, 3.05) is 6.54 Å². The maximum absolute atomic E-state index is 12.0. The molecule has 1 atom stereocenters. The Bertz CT molecular complexity index is 483. The minimum absolute atomic E-state index is 0.172. The molecule has 0 saturated carbocycles. The quantitative estimate of drug-likeness (QED) is 0.783. The number of rotatable bonds is 3. The Morgan fingerprint density at radius 3 is 2.95 bits per heavy atom. The Morgan fingerprint density at radius 2 is 2.32 bits per heavy atom. The molecule has 19 heavy (non-hydrogen) atoms. The van der Waals surface area contributed by atoms with Crippen molar-refractivity contribution in [2.45, 2.75) is 38.8 Å². The minimum atomic E-state index is -0.671. The zero-order chi connectivity index (χ0) is 14.0. The molecule has 1 aliphatic heterocycles. The van der Waals surface area contributed by atoms with Gasteiger partial charge in [-0.1, -0.05) is 0 Å². The van der Waals surface area contributed by atoms with Gasteiger partial charge >= 0.3 is 0 Å². The summed E-state index contributed by atoms with van der Waals surface area (Å²) in [7, 11) is 0. The molecule has 104 valence electrons. The molecule has 2 heterocycles. The topological polar surface area (TPSA) is 87.5 Å². The maximum Gasteiger partial charge on any atom is 0.272 e. The van der Waals surface area contributed by atoms with Crippen LogP contribution in [0.2, 0.25) is 0 Å². The van der Waals surface area contributed by atoms with E-state index in [0.717, 1.165) is 0 Å². The smallest absolute Gasteiger partial charge is 0.272 e. The summed E-state index contributed by atoms with van der Waals surface area (Å²) in [5.74, 6) is -0.865. The molecular weight excluding hydrogens is 248 g/mol. The van der Waals surface area contributed by atoms with Gasteiger partial charge in [0.25, 0.3) is 11.8 Å². The number of aromatic nitrogens is 2. The highest BCUT2D eigenvalue weighted by Gasteiger charge is 2.29. The molecule has 7 heteroatoms. The summed E-state index contributed by atoms with van der Waals surface area (Å²) >= 11 is 0. The third-order valence-corrected chi connectivity index (χ3v) is 3.09. The minimum Gasteiger partial charge on any atom is -0.339 e. The van der Waals surface area contributed by atoms with Crippen molar-refractivity contribution < 1.29 is 14.8 Å². The highest BCUT2D eigenvalue weighted by molar-refractivity contribution is 5.96. The fourth-order valence-electron chi connectivity index (χ4n) is 1.97. The van der Waals surface area contributed by atoms with E-state index >= 15 is 0 Å². The van der Waals surface area contributed by atoms with Crippen molar-refractivity contribution in [2.24, 2.45) is 0 Å². The second-order valence-corrected chi connectivity index (χ2v) is 4.90. The number of hydroxylamine groups is 2. The van der Waals surface area contributed by atoms with Gasteiger partial charge in [0.05, 0.1) is 0 Å². The molecule has 0 bridgehead atoms. The number of nitrogens with one attached hydrogen (secondary N) is 1. The van der Waals surface area contributed by atoms with Gasteiger partial charge in [-0.3, -0.25) is 19.5 Å². The van der Waals surface area contributed by atoms with E-state index in [4.69, 9.17) is 0 Å². The largest absolute Gasteiger partial charge is 0.339 e. The van der Waals surface area contributed by atoms with Gasteiger partial charge in [0.1, 0.15) is 11.7 Å². The summed E-state index contributed by atoms with van der Waals surface area (Å²) in [6, 6.07) is 1.11. The molecule has 1 aromatic rings. The number of amides is 2. The molecule has 0 radical (unpaired) electrons. The average Bonchev–Trinajstić information content (AvgIpc) is 2.84. The van der Waals surface area contributed by atoms with E-state index in [1.165, 1.54) is 0 Å². The van der Waals surface area contributed by atoms with Gasteiger partial charge in [0, 0.05) is 18.8 Å². The van der Waals surface area contributed by atoms with E-state index in [1.807, 2.05) is 13.8 Å². The first-order valence-electron chi connectivity index (χ1n) is 6.35. The summed E-state index contributed by atoms with van der Waals surface area (Å²) in [6.45, 7) is 4.24. The van der Waals surface area contributed by atoms with Crippen molar-refractivity contribution in [1.82, 2.24) is 20.2 Å². The van der Waals surface area contributed by atoms with E-state index in [-0.39, 0.29) is 11.7 Å². The van der Waals surface area contributed by atoms with Gasteiger partial charge in [-0.25, -0.2) is 5.06 Å². The molecular formula is C12H18N4O3. The van der Waals surface area contributed by atoms with Crippen LogP contribution in [0.25, 0.3) is 0 Å². The van der Waals surface area contributed by atoms with Crippen molar-refractivity contribution in [3.05, 3.63) is 18.0 Å². The van der Waals surface area contributed by atoms with Crippen LogP contribution in [0, 0.1) is 0 Å². The van der Waals surface area contributed by atoms with Gasteiger partial charge in [-0.2, -0.15) is 5.10 Å². The number of piperidine rings is 1. The number of carbonyl (C=O) groups is 2. The lowest BCUT2D eigenvalue weighted by Gasteiger charge is -2.27. The fraction of sp³-hybridized carbons (Fsp3) is 0.583. The Labute approximate surface area is 111 Å². The molecule has 1 saturated heterocycles. The van der Waals surface area contributed by atoms with Crippen LogP contribution in [-0.2, 0) is 4.79 Å². The maximum atomic E-state index is 12.0. The van der Waals surface area contributed by atoms with E-state index in [2.05, 4.69) is 10.4 Å². The zero-order valence-corrected chi connectivity index (χ0v) is 11.0. The van der Waals surface area contributed by atoms with E-state index in [9.17, 15) is 14.8 Å². The normalized spacial score (nSPS) is 19.9. The first-order chi connectivity index (χ1) is 8.99. The molecule has 0 unspecified atom stereocenters. The summed E-state index contributed by atoms with van der Waals surface area (Å²) in [4.78, 5) is 23.6. The standard InChI is InChI=1S/C12H18N4O3/c1-8(2)15-7-5-9(14-15)11(17)13-10-4-3-6-16(19)12(10)18/h5,7-8,10,19H,3-4,6H2,1-2H3,(H,13,17)/t10-/m0/s1. The van der Waals surface area contributed by atoms with Crippen LogP contribution in [0.15, 0.2) is 12.3 Å². The van der Waals surface area contributed by atoms with Crippen molar-refractivity contribution >= 4 is 11.8 Å². The zero-order valence-electron chi connectivity index (χ0n) is 11.0. The second kappa shape index (κ2) is 5.40. The Balaban J connectivity index is 2.02. The third-order valence-electron chi connectivity index (χ3n) is 3.09. The highest BCUT2D eigenvalue weighted by Crippen LogP contribution is 2.11. The molecule has 0 aromatic carbocycles. The Kier molecular flexibility index (Phi) is 3.84. The lowest BCUT2D eigenvalue weighted by molar-refractivity contribution is -0.172. The van der Waals surface area contributed by atoms with Gasteiger partial charge in [0.2, 0.25) is 0 Å². The van der Waals surface area contributed by atoms with Crippen LogP contribution in [0.3, 0.4) is 0 Å². The number of carbonyl (C=O) groups excluding carboxylic acids is 2. The number of hydrogen-bond donors (Lipinski definition) is 2. The molecule has 1 aromatic heterocycles. The van der Waals surface area contributed by atoms with Gasteiger partial charge in [-0.05, 0) is 32.8 Å². The monoisotopic (exact) mass is 266 g/mol. The van der Waals surface area contributed by atoms with Crippen molar-refractivity contribution in [3.63, 3.8) is 0 Å². The highest BCUT2D eigenvalue weighted by atomic mass is 16.5. The summed E-state index contributed by atoms with van der Waals surface area (Å²) in [6.07, 6.45) is 2.92. The molecule has 2 rings (SSSR count). The number of hydrogen-bond acceptors (Lipinski definition) is 4. The van der Waals surface area contributed by atoms with E-state index in [0.29, 0.717) is 24.4 Å². The first-order valence-corrected chi connectivity index (χ1v) is 6.35. The Morgan fingerprint density at radius 1 is 1.58 bits per heavy atom. The SMILES string of the molecule is CC(C)n1ccc(C(=O)N[C@H]2CCCN(O)C2=O)n1. The van der Waals surface area contributed by atoms with Crippen LogP contribution in [-0.4, -0.2) is 44.5 Å². The molecule has 7 nitrogen and oxygen atoms in total. The molecule has 1 aliphatic rings. The lowest BCUT2D eigenvalue weighted by Crippen LogP contribution is -2.51. The molecule has 1 fully saturated rings. The van der Waals surface area contributed by atoms with Crippen LogP contribution < -0.4 is 5.32 Å². The summed E-state index contributed by atoms with van der Waals surface area (Å²) < 4.78 is 1.68. The van der Waals surface area contributed by atoms with Crippen molar-refractivity contribution in [3.8, 4) is 0 Å². The van der Waals surface area contributed by atoms with Gasteiger partial charge < -0.3 is 5.32 Å². The Hall–Kier alpha value is -1.89. The summed E-state index contributed by atoms with van der Waals surface area (Å²) in [5, 5.41) is 16.7. The fourth-order valence-corrected chi connectivity index (χ4v) is 1.97. The molecule has 2 amide bonds. The first kappa shape index (κ1) is 13.5. The van der Waals surface area contributed by atoms with Crippen LogP contribution >= 0.6 is 0 Å². The van der Waals surface area contributed by atoms with E-state index < -0.39 is 17.9 Å². The predicted octanol–water partition coefficient (Wildman–Crippen LogP) is 0.574. The average molecular weight is 266 g/mol. The van der Waals surface area contributed by atoms with Crippen LogP contribution in [0.5, 0.6) is 0 Å². The van der Waals surface area contributed by atoms with Gasteiger partial charge in [-0.15, -0.1) is 0 Å². The van der Waals surface area contributed by atoms with Crippen LogP contribution in [0.4, 0.5) is 0 Å². The van der Waals surface area contributed by atoms with E-state index in [1.54, 1.807) is 16.9 Å². The lowest BCUT2D eigenvalue weighted by atomic mass is 10.1. The van der Waals surface area contributed by atoms with Crippen molar-refractivity contribution in [1.29, 1.82) is 0 Å². The second-order valence-electron chi connectivity index (χ2n) is 4.90. The number of nitrogens with zero attached hydrogens (tertiary/aromatic N) is 3. The molecule has 0 spiro atoms. The third kappa shape index (κ3) is 2.93. The molecule has 2 N–H and O–H groups in total. The van der Waals surface area contributed by atoms with Crippen LogP contribution in [0.1, 0.15) is 43.2 Å². The summed E-state index contributed by atoms with van der Waals surface area (Å²) in [5.41, 5.74) is 0.275. The predicted molar refractivity (Wildman–Crippen MR) is 66.6 cm³/mol. The van der Waals surface area contributed by atoms with Gasteiger partial charge in [0.15, 0.2) is 0 Å².